The Labute approximate surface area is 173 Å². The van der Waals surface area contributed by atoms with Crippen LogP contribution >= 0.6 is 0 Å². The van der Waals surface area contributed by atoms with E-state index in [4.69, 9.17) is 0 Å². The van der Waals surface area contributed by atoms with Crippen LogP contribution in [0.25, 0.3) is 0 Å². The normalized spacial score (nSPS) is 13.7. The maximum Gasteiger partial charge on any atom is 0.315 e. The van der Waals surface area contributed by atoms with E-state index >= 15 is 0 Å². The van der Waals surface area contributed by atoms with E-state index in [1.165, 1.54) is 5.57 Å². The molecule has 2 amide bonds. The van der Waals surface area contributed by atoms with Gasteiger partial charge in [-0.1, -0.05) is 43.4 Å². The molecule has 2 rings (SSSR count). The summed E-state index contributed by atoms with van der Waals surface area (Å²) in [6.07, 6.45) is 13.6. The van der Waals surface area contributed by atoms with Crippen LogP contribution in [0, 0.1) is 0 Å². The number of nitrogens with one attached hydrogen (secondary N) is 2. The predicted molar refractivity (Wildman–Crippen MR) is 120 cm³/mol. The molecule has 1 aromatic heterocycles. The lowest BCUT2D eigenvalue weighted by atomic mass is 10.1. The summed E-state index contributed by atoms with van der Waals surface area (Å²) in [4.78, 5) is 22.9. The van der Waals surface area contributed by atoms with Crippen molar-refractivity contribution >= 4 is 12.4 Å². The van der Waals surface area contributed by atoms with Gasteiger partial charge in [-0.25, -0.2) is 4.79 Å². The van der Waals surface area contributed by atoms with Gasteiger partial charge >= 0.3 is 6.03 Å². The molecular formula is C23H31N5O. The molecule has 0 atom stereocenters. The summed E-state index contributed by atoms with van der Waals surface area (Å²) in [5.74, 6) is 0. The number of amides is 2. The highest BCUT2D eigenvalue weighted by atomic mass is 16.2. The average molecular weight is 394 g/mol. The number of aliphatic imine (C=N–C) groups is 1. The third-order valence-corrected chi connectivity index (χ3v) is 4.40. The molecule has 154 valence electrons. The van der Waals surface area contributed by atoms with Crippen molar-refractivity contribution in [2.24, 2.45) is 4.99 Å². The van der Waals surface area contributed by atoms with E-state index in [1.807, 2.05) is 60.8 Å². The Kier molecular flexibility index (Phi) is 9.42. The fourth-order valence-electron chi connectivity index (χ4n) is 2.73. The summed E-state index contributed by atoms with van der Waals surface area (Å²) in [6, 6.07) is 5.76. The molecule has 0 fully saturated rings. The molecular weight excluding hydrogens is 362 g/mol. The standard InChI is InChI=1S/C23H31N5O/c1-4-20(5-2)11-10-19(3)16-26-23(29)25-14-12-21-8-6-9-22(27-21)17-28-15-7-13-24-18-28/h4,6-11,15,18H,3,5,12-14,16-17H2,1-2H3,(H2,25,26,29)/b11-10-,20-4-. The summed E-state index contributed by atoms with van der Waals surface area (Å²) in [6.45, 7) is 10.5. The minimum atomic E-state index is -0.202. The van der Waals surface area contributed by atoms with Gasteiger partial charge in [-0.2, -0.15) is 0 Å². The third kappa shape index (κ3) is 8.60. The lowest BCUT2D eigenvalue weighted by Crippen LogP contribution is -2.37. The minimum absolute atomic E-state index is 0.202. The second-order valence-electron chi connectivity index (χ2n) is 6.73. The molecule has 0 spiro atoms. The maximum absolute atomic E-state index is 12.0. The number of urea groups is 1. The van der Waals surface area contributed by atoms with Crippen molar-refractivity contribution in [3.8, 4) is 0 Å². The van der Waals surface area contributed by atoms with Gasteiger partial charge in [0.15, 0.2) is 0 Å². The Balaban J connectivity index is 1.70. The second-order valence-corrected chi connectivity index (χ2v) is 6.73. The number of aromatic nitrogens is 1. The Morgan fingerprint density at radius 2 is 2.10 bits per heavy atom. The van der Waals surface area contributed by atoms with Crippen molar-refractivity contribution in [2.45, 2.75) is 33.2 Å². The molecule has 1 aliphatic rings. The molecule has 6 heteroatoms. The number of carbonyl (C=O) groups excluding carboxylic acids is 1. The highest BCUT2D eigenvalue weighted by Crippen LogP contribution is 2.06. The molecule has 0 radical (unpaired) electrons. The van der Waals surface area contributed by atoms with Gasteiger partial charge in [0, 0.05) is 31.4 Å². The van der Waals surface area contributed by atoms with E-state index < -0.39 is 0 Å². The molecule has 0 aromatic carbocycles. The summed E-state index contributed by atoms with van der Waals surface area (Å²) in [5.41, 5.74) is 4.03. The van der Waals surface area contributed by atoms with Gasteiger partial charge < -0.3 is 15.5 Å². The monoisotopic (exact) mass is 393 g/mol. The molecule has 6 nitrogen and oxygen atoms in total. The summed E-state index contributed by atoms with van der Waals surface area (Å²) in [7, 11) is 0. The van der Waals surface area contributed by atoms with E-state index in [0.717, 1.165) is 29.9 Å². The van der Waals surface area contributed by atoms with E-state index in [0.29, 0.717) is 26.1 Å². The molecule has 0 aliphatic carbocycles. The van der Waals surface area contributed by atoms with Crippen molar-refractivity contribution in [3.05, 3.63) is 77.8 Å². The zero-order chi connectivity index (χ0) is 20.9. The first kappa shape index (κ1) is 22.1. The number of nitrogens with zero attached hydrogens (tertiary/aromatic N) is 3. The Hall–Kier alpha value is -3.15. The first-order valence-electron chi connectivity index (χ1n) is 10.0. The minimum Gasteiger partial charge on any atom is -0.338 e. The molecule has 0 saturated carbocycles. The quantitative estimate of drug-likeness (QED) is 0.595. The van der Waals surface area contributed by atoms with E-state index in [2.05, 4.69) is 40.2 Å². The lowest BCUT2D eigenvalue weighted by molar-refractivity contribution is 0.242. The zero-order valence-corrected chi connectivity index (χ0v) is 17.4. The fraction of sp³-hybridized carbons (Fsp3) is 0.348. The van der Waals surface area contributed by atoms with Crippen molar-refractivity contribution in [3.63, 3.8) is 0 Å². The van der Waals surface area contributed by atoms with Crippen LogP contribution in [0.3, 0.4) is 0 Å². The topological polar surface area (TPSA) is 69.6 Å². The first-order valence-corrected chi connectivity index (χ1v) is 10.0. The molecule has 2 N–H and O–H groups in total. The Morgan fingerprint density at radius 3 is 2.83 bits per heavy atom. The number of rotatable bonds is 10. The van der Waals surface area contributed by atoms with Gasteiger partial charge in [0.1, 0.15) is 0 Å². The second kappa shape index (κ2) is 12.3. The SMILES string of the molecule is C=C(/C=C\C(=C/C)CC)CNC(=O)NCCc1cccc(CN2C=CCN=C2)n1. The molecule has 0 bridgehead atoms. The van der Waals surface area contributed by atoms with E-state index in [-0.39, 0.29) is 6.03 Å². The molecule has 2 heterocycles. The molecule has 0 saturated heterocycles. The highest BCUT2D eigenvalue weighted by molar-refractivity contribution is 5.74. The molecule has 29 heavy (non-hydrogen) atoms. The van der Waals surface area contributed by atoms with E-state index in [9.17, 15) is 4.79 Å². The van der Waals surface area contributed by atoms with Gasteiger partial charge in [-0.15, -0.1) is 0 Å². The predicted octanol–water partition coefficient (Wildman–Crippen LogP) is 3.75. The number of hydrogen-bond acceptors (Lipinski definition) is 4. The lowest BCUT2D eigenvalue weighted by Gasteiger charge is -2.16. The number of carbonyl (C=O) groups is 1. The average Bonchev–Trinajstić information content (AvgIpc) is 2.74. The van der Waals surface area contributed by atoms with Gasteiger partial charge in [-0.3, -0.25) is 9.98 Å². The number of allylic oxidation sites excluding steroid dienone is 3. The first-order chi connectivity index (χ1) is 14.1. The summed E-state index contributed by atoms with van der Waals surface area (Å²) >= 11 is 0. The van der Waals surface area contributed by atoms with Crippen LogP contribution < -0.4 is 10.6 Å². The van der Waals surface area contributed by atoms with Crippen LogP contribution in [-0.4, -0.2) is 41.9 Å². The maximum atomic E-state index is 12.0. The van der Waals surface area contributed by atoms with Gasteiger partial charge in [-0.05, 0) is 37.1 Å². The third-order valence-electron chi connectivity index (χ3n) is 4.40. The summed E-state index contributed by atoms with van der Waals surface area (Å²) < 4.78 is 0. The van der Waals surface area contributed by atoms with E-state index in [1.54, 1.807) is 0 Å². The van der Waals surface area contributed by atoms with Crippen LogP contribution in [-0.2, 0) is 13.0 Å². The molecule has 1 aliphatic heterocycles. The largest absolute Gasteiger partial charge is 0.338 e. The van der Waals surface area contributed by atoms with Gasteiger partial charge in [0.05, 0.1) is 25.1 Å². The number of hydrogen-bond donors (Lipinski definition) is 2. The smallest absolute Gasteiger partial charge is 0.315 e. The molecule has 0 unspecified atom stereocenters. The van der Waals surface area contributed by atoms with Crippen molar-refractivity contribution in [1.29, 1.82) is 0 Å². The van der Waals surface area contributed by atoms with Crippen molar-refractivity contribution < 1.29 is 4.79 Å². The fourth-order valence-corrected chi connectivity index (χ4v) is 2.73. The molecule has 1 aromatic rings. The van der Waals surface area contributed by atoms with Crippen LogP contribution in [0.15, 0.2) is 71.4 Å². The van der Waals surface area contributed by atoms with Gasteiger partial charge in [0.2, 0.25) is 0 Å². The van der Waals surface area contributed by atoms with Crippen LogP contribution in [0.1, 0.15) is 31.7 Å². The van der Waals surface area contributed by atoms with Crippen LogP contribution in [0.2, 0.25) is 0 Å². The van der Waals surface area contributed by atoms with Crippen LogP contribution in [0.5, 0.6) is 0 Å². The van der Waals surface area contributed by atoms with Gasteiger partial charge in [0.25, 0.3) is 0 Å². The van der Waals surface area contributed by atoms with Crippen molar-refractivity contribution in [2.75, 3.05) is 19.6 Å². The number of pyridine rings is 1. The van der Waals surface area contributed by atoms with Crippen molar-refractivity contribution in [1.82, 2.24) is 20.5 Å². The zero-order valence-electron chi connectivity index (χ0n) is 17.4. The van der Waals surface area contributed by atoms with Crippen LogP contribution in [0.4, 0.5) is 4.79 Å². The Bertz CT molecular complexity index is 795. The highest BCUT2D eigenvalue weighted by Gasteiger charge is 2.05. The Morgan fingerprint density at radius 1 is 1.28 bits per heavy atom. The summed E-state index contributed by atoms with van der Waals surface area (Å²) in [5, 5.41) is 5.69.